The molecule has 2 heterocycles. The topological polar surface area (TPSA) is 76.8 Å². The number of anilines is 1. The third-order valence-electron chi connectivity index (χ3n) is 3.72. The van der Waals surface area contributed by atoms with Crippen LogP contribution in [-0.2, 0) is 9.53 Å². The lowest BCUT2D eigenvalue weighted by atomic mass is 10.1. The quantitative estimate of drug-likeness (QED) is 0.833. The summed E-state index contributed by atoms with van der Waals surface area (Å²) >= 11 is 0. The summed E-state index contributed by atoms with van der Waals surface area (Å²) < 4.78 is 15.6. The van der Waals surface area contributed by atoms with Gasteiger partial charge in [-0.1, -0.05) is 0 Å². The Bertz CT molecular complexity index is 651. The maximum Gasteiger partial charge on any atom is 0.343 e. The second kappa shape index (κ2) is 7.15. The summed E-state index contributed by atoms with van der Waals surface area (Å²) in [6.45, 7) is 3.60. The molecule has 0 amide bonds. The van der Waals surface area contributed by atoms with Gasteiger partial charge in [-0.2, -0.15) is 0 Å². The van der Waals surface area contributed by atoms with Crippen LogP contribution in [0.2, 0.25) is 0 Å². The number of methoxy groups -OCH3 is 1. The van der Waals surface area contributed by atoms with E-state index < -0.39 is 5.97 Å². The fraction of sp³-hybridized carbons (Fsp3) is 0.375. The van der Waals surface area contributed by atoms with Gasteiger partial charge in [0.1, 0.15) is 5.75 Å². The fourth-order valence-corrected chi connectivity index (χ4v) is 2.50. The standard InChI is InChI=1S/C16H19N3O4/c1-21-16(20)10-22-14-8-12(19-6-4-17-5-7-19)2-3-13(14)15-9-18-11-23-15/h2-3,8-9,11,17H,4-7,10H2,1H3. The Labute approximate surface area is 134 Å². The number of piperazine rings is 1. The molecule has 0 aliphatic carbocycles. The van der Waals surface area contributed by atoms with E-state index in [0.29, 0.717) is 11.5 Å². The van der Waals surface area contributed by atoms with Crippen LogP contribution in [-0.4, -0.2) is 50.8 Å². The number of esters is 1. The largest absolute Gasteiger partial charge is 0.481 e. The van der Waals surface area contributed by atoms with Crippen LogP contribution < -0.4 is 15.0 Å². The van der Waals surface area contributed by atoms with Gasteiger partial charge in [-0.05, 0) is 12.1 Å². The van der Waals surface area contributed by atoms with Gasteiger partial charge in [0.15, 0.2) is 18.8 Å². The number of carbonyl (C=O) groups excluding carboxylic acids is 1. The molecule has 1 aliphatic rings. The molecule has 1 aromatic heterocycles. The van der Waals surface area contributed by atoms with Crippen molar-refractivity contribution in [2.75, 3.05) is 44.8 Å². The number of benzene rings is 1. The summed E-state index contributed by atoms with van der Waals surface area (Å²) in [6.07, 6.45) is 2.98. The molecular formula is C16H19N3O4. The van der Waals surface area contributed by atoms with Crippen molar-refractivity contribution in [3.63, 3.8) is 0 Å². The maximum atomic E-state index is 11.4. The molecule has 0 bridgehead atoms. The third kappa shape index (κ3) is 3.62. The molecule has 1 N–H and O–H groups in total. The van der Waals surface area contributed by atoms with E-state index in [9.17, 15) is 4.79 Å². The molecule has 0 spiro atoms. The third-order valence-corrected chi connectivity index (χ3v) is 3.72. The second-order valence-electron chi connectivity index (χ2n) is 5.15. The van der Waals surface area contributed by atoms with Crippen LogP contribution in [0, 0.1) is 0 Å². The van der Waals surface area contributed by atoms with Crippen LogP contribution in [0.3, 0.4) is 0 Å². The highest BCUT2D eigenvalue weighted by atomic mass is 16.6. The summed E-state index contributed by atoms with van der Waals surface area (Å²) in [6, 6.07) is 5.87. The summed E-state index contributed by atoms with van der Waals surface area (Å²) in [4.78, 5) is 17.6. The van der Waals surface area contributed by atoms with Crippen LogP contribution in [0.25, 0.3) is 11.3 Å². The molecule has 0 saturated carbocycles. The van der Waals surface area contributed by atoms with Gasteiger partial charge in [0, 0.05) is 37.9 Å². The molecule has 1 aliphatic heterocycles. The van der Waals surface area contributed by atoms with Crippen LogP contribution in [0.15, 0.2) is 35.2 Å². The van der Waals surface area contributed by atoms with Crippen LogP contribution in [0.5, 0.6) is 5.75 Å². The molecule has 0 unspecified atom stereocenters. The van der Waals surface area contributed by atoms with Crippen LogP contribution in [0.4, 0.5) is 5.69 Å². The molecule has 7 nitrogen and oxygen atoms in total. The molecule has 0 radical (unpaired) electrons. The smallest absolute Gasteiger partial charge is 0.343 e. The molecule has 1 aromatic carbocycles. The van der Waals surface area contributed by atoms with Gasteiger partial charge in [0.05, 0.1) is 18.9 Å². The van der Waals surface area contributed by atoms with Crippen molar-refractivity contribution in [1.29, 1.82) is 0 Å². The van der Waals surface area contributed by atoms with Crippen molar-refractivity contribution in [1.82, 2.24) is 10.3 Å². The van der Waals surface area contributed by atoms with Gasteiger partial charge in [0.25, 0.3) is 0 Å². The first kappa shape index (κ1) is 15.4. The first-order valence-electron chi connectivity index (χ1n) is 7.46. The van der Waals surface area contributed by atoms with E-state index in [1.54, 1.807) is 6.20 Å². The Morgan fingerprint density at radius 1 is 1.39 bits per heavy atom. The average Bonchev–Trinajstić information content (AvgIpc) is 3.14. The van der Waals surface area contributed by atoms with Crippen LogP contribution in [0.1, 0.15) is 0 Å². The Kier molecular flexibility index (Phi) is 4.77. The molecular weight excluding hydrogens is 298 g/mol. The number of oxazole rings is 1. The number of rotatable bonds is 5. The van der Waals surface area contributed by atoms with Gasteiger partial charge < -0.3 is 24.1 Å². The number of aromatic nitrogens is 1. The fourth-order valence-electron chi connectivity index (χ4n) is 2.50. The molecule has 7 heteroatoms. The van der Waals surface area contributed by atoms with Crippen LogP contribution >= 0.6 is 0 Å². The number of ether oxygens (including phenoxy) is 2. The van der Waals surface area contributed by atoms with E-state index in [2.05, 4.69) is 19.9 Å². The number of carbonyl (C=O) groups is 1. The molecule has 0 atom stereocenters. The maximum absolute atomic E-state index is 11.4. The molecule has 1 fully saturated rings. The van der Waals surface area contributed by atoms with E-state index in [1.165, 1.54) is 13.5 Å². The molecule has 2 aromatic rings. The minimum Gasteiger partial charge on any atom is -0.481 e. The molecule has 23 heavy (non-hydrogen) atoms. The van der Waals surface area contributed by atoms with Crippen molar-refractivity contribution in [2.24, 2.45) is 0 Å². The summed E-state index contributed by atoms with van der Waals surface area (Å²) in [7, 11) is 1.33. The SMILES string of the molecule is COC(=O)COc1cc(N2CCNCC2)ccc1-c1cnco1. The van der Waals surface area contributed by atoms with E-state index >= 15 is 0 Å². The Balaban J connectivity index is 1.88. The number of hydrogen-bond acceptors (Lipinski definition) is 7. The minimum atomic E-state index is -0.430. The average molecular weight is 317 g/mol. The normalized spacial score (nSPS) is 14.6. The number of hydrogen-bond donors (Lipinski definition) is 1. The predicted molar refractivity (Wildman–Crippen MR) is 84.5 cm³/mol. The summed E-state index contributed by atoms with van der Waals surface area (Å²) in [5, 5.41) is 3.32. The van der Waals surface area contributed by atoms with Crippen molar-refractivity contribution >= 4 is 11.7 Å². The monoisotopic (exact) mass is 317 g/mol. The first-order valence-corrected chi connectivity index (χ1v) is 7.46. The molecule has 1 saturated heterocycles. The van der Waals surface area contributed by atoms with E-state index in [1.807, 2.05) is 18.2 Å². The Hall–Kier alpha value is -2.54. The summed E-state index contributed by atoms with van der Waals surface area (Å²) in [5.41, 5.74) is 1.81. The van der Waals surface area contributed by atoms with E-state index in [4.69, 9.17) is 9.15 Å². The number of nitrogens with zero attached hydrogens (tertiary/aromatic N) is 2. The van der Waals surface area contributed by atoms with Gasteiger partial charge in [-0.15, -0.1) is 0 Å². The van der Waals surface area contributed by atoms with Gasteiger partial charge in [-0.25, -0.2) is 9.78 Å². The first-order chi connectivity index (χ1) is 11.3. The zero-order valence-electron chi connectivity index (χ0n) is 12.9. The highest BCUT2D eigenvalue weighted by molar-refractivity contribution is 5.73. The predicted octanol–water partition coefficient (Wildman–Crippen LogP) is 1.30. The van der Waals surface area contributed by atoms with Gasteiger partial charge in [-0.3, -0.25) is 0 Å². The van der Waals surface area contributed by atoms with Gasteiger partial charge in [0.2, 0.25) is 0 Å². The zero-order chi connectivity index (χ0) is 16.1. The zero-order valence-corrected chi connectivity index (χ0v) is 12.9. The van der Waals surface area contributed by atoms with E-state index in [0.717, 1.165) is 37.4 Å². The van der Waals surface area contributed by atoms with Crippen molar-refractivity contribution in [2.45, 2.75) is 0 Å². The Morgan fingerprint density at radius 3 is 2.91 bits per heavy atom. The summed E-state index contributed by atoms with van der Waals surface area (Å²) in [5.74, 6) is 0.737. The highest BCUT2D eigenvalue weighted by Crippen LogP contribution is 2.33. The minimum absolute atomic E-state index is 0.150. The lowest BCUT2D eigenvalue weighted by molar-refractivity contribution is -0.142. The second-order valence-corrected chi connectivity index (χ2v) is 5.15. The van der Waals surface area contributed by atoms with Crippen molar-refractivity contribution in [3.05, 3.63) is 30.8 Å². The molecule has 122 valence electrons. The van der Waals surface area contributed by atoms with Crippen molar-refractivity contribution in [3.8, 4) is 17.1 Å². The van der Waals surface area contributed by atoms with Gasteiger partial charge >= 0.3 is 5.97 Å². The Morgan fingerprint density at radius 2 is 2.22 bits per heavy atom. The lowest BCUT2D eigenvalue weighted by Crippen LogP contribution is -2.43. The number of nitrogens with one attached hydrogen (secondary N) is 1. The van der Waals surface area contributed by atoms with E-state index in [-0.39, 0.29) is 6.61 Å². The lowest BCUT2D eigenvalue weighted by Gasteiger charge is -2.30. The van der Waals surface area contributed by atoms with Crippen molar-refractivity contribution < 1.29 is 18.7 Å². The molecule has 3 rings (SSSR count). The highest BCUT2D eigenvalue weighted by Gasteiger charge is 2.16.